The predicted octanol–water partition coefficient (Wildman–Crippen LogP) is 2.74. The lowest BCUT2D eigenvalue weighted by molar-refractivity contribution is -0.145. The highest BCUT2D eigenvalue weighted by Gasteiger charge is 2.30. The van der Waals surface area contributed by atoms with Crippen molar-refractivity contribution >= 4 is 23.4 Å². The summed E-state index contributed by atoms with van der Waals surface area (Å²) in [7, 11) is 0. The Bertz CT molecular complexity index is 617. The van der Waals surface area contributed by atoms with Crippen LogP contribution in [-0.2, 0) is 9.59 Å². The molecule has 24 heavy (non-hydrogen) atoms. The molecule has 1 fully saturated rings. The number of hydrogen-bond acceptors (Lipinski definition) is 3. The normalized spacial score (nSPS) is 15.4. The maximum atomic E-state index is 12.3. The zero-order valence-electron chi connectivity index (χ0n) is 14.8. The van der Waals surface area contributed by atoms with Gasteiger partial charge in [-0.15, -0.1) is 0 Å². The van der Waals surface area contributed by atoms with Gasteiger partial charge in [-0.2, -0.15) is 0 Å². The first kappa shape index (κ1) is 18.6. The number of aryl methyl sites for hydroxylation is 1. The van der Waals surface area contributed by atoms with Crippen LogP contribution >= 0.6 is 11.6 Å². The number of amides is 2. The summed E-state index contributed by atoms with van der Waals surface area (Å²) in [6, 6.07) is 5.31. The van der Waals surface area contributed by atoms with E-state index in [9.17, 15) is 9.59 Å². The maximum Gasteiger partial charge on any atom is 0.260 e. The topological polar surface area (TPSA) is 49.9 Å². The van der Waals surface area contributed by atoms with E-state index in [1.165, 1.54) is 0 Å². The lowest BCUT2D eigenvalue weighted by atomic mass is 9.94. The molecular formula is C18H25ClN2O3. The van der Waals surface area contributed by atoms with Gasteiger partial charge in [-0.25, -0.2) is 0 Å². The fourth-order valence-corrected chi connectivity index (χ4v) is 2.87. The average molecular weight is 353 g/mol. The number of benzene rings is 1. The first-order valence-corrected chi connectivity index (χ1v) is 8.52. The second kappa shape index (κ2) is 7.43. The van der Waals surface area contributed by atoms with Crippen molar-refractivity contribution in [2.45, 2.75) is 27.7 Å². The SMILES string of the molecule is Cc1cc(Cl)ccc1OCC(=O)N1CCN(C(=O)C(C)(C)C)CC1. The number of ether oxygens (including phenoxy) is 1. The Morgan fingerprint density at radius 2 is 1.71 bits per heavy atom. The molecular weight excluding hydrogens is 328 g/mol. The third-order valence-corrected chi connectivity index (χ3v) is 4.28. The van der Waals surface area contributed by atoms with E-state index < -0.39 is 0 Å². The van der Waals surface area contributed by atoms with Crippen LogP contribution in [0.15, 0.2) is 18.2 Å². The Balaban J connectivity index is 1.84. The molecule has 1 aromatic carbocycles. The molecule has 132 valence electrons. The molecule has 0 aliphatic carbocycles. The van der Waals surface area contributed by atoms with Gasteiger partial charge in [-0.05, 0) is 30.7 Å². The van der Waals surface area contributed by atoms with Crippen molar-refractivity contribution in [3.63, 3.8) is 0 Å². The van der Waals surface area contributed by atoms with Crippen LogP contribution in [0, 0.1) is 12.3 Å². The second-order valence-corrected chi connectivity index (χ2v) is 7.56. The molecule has 0 radical (unpaired) electrons. The zero-order valence-corrected chi connectivity index (χ0v) is 15.5. The number of piperazine rings is 1. The molecule has 1 heterocycles. The number of nitrogens with zero attached hydrogens (tertiary/aromatic N) is 2. The minimum Gasteiger partial charge on any atom is -0.483 e. The summed E-state index contributed by atoms with van der Waals surface area (Å²) in [6.07, 6.45) is 0. The molecule has 2 amide bonds. The average Bonchev–Trinajstić information content (AvgIpc) is 2.52. The molecule has 6 heteroatoms. The van der Waals surface area contributed by atoms with E-state index in [0.717, 1.165) is 5.56 Å². The van der Waals surface area contributed by atoms with Crippen LogP contribution in [0.2, 0.25) is 5.02 Å². The number of hydrogen-bond donors (Lipinski definition) is 0. The van der Waals surface area contributed by atoms with Crippen molar-refractivity contribution in [2.24, 2.45) is 5.41 Å². The van der Waals surface area contributed by atoms with E-state index in [1.54, 1.807) is 23.1 Å². The van der Waals surface area contributed by atoms with Crippen LogP contribution in [0.5, 0.6) is 5.75 Å². The number of carbonyl (C=O) groups excluding carboxylic acids is 2. The Morgan fingerprint density at radius 3 is 2.25 bits per heavy atom. The molecule has 1 aromatic rings. The Kier molecular flexibility index (Phi) is 5.75. The van der Waals surface area contributed by atoms with Gasteiger partial charge < -0.3 is 14.5 Å². The quantitative estimate of drug-likeness (QED) is 0.840. The summed E-state index contributed by atoms with van der Waals surface area (Å²) in [5.74, 6) is 0.726. The molecule has 0 unspecified atom stereocenters. The van der Waals surface area contributed by atoms with Crippen LogP contribution in [0.25, 0.3) is 0 Å². The van der Waals surface area contributed by atoms with E-state index in [-0.39, 0.29) is 23.8 Å². The summed E-state index contributed by atoms with van der Waals surface area (Å²) < 4.78 is 5.60. The highest BCUT2D eigenvalue weighted by molar-refractivity contribution is 6.30. The van der Waals surface area contributed by atoms with Crippen LogP contribution in [0.1, 0.15) is 26.3 Å². The fourth-order valence-electron chi connectivity index (χ4n) is 2.64. The van der Waals surface area contributed by atoms with E-state index in [0.29, 0.717) is 37.0 Å². The van der Waals surface area contributed by atoms with Crippen LogP contribution in [0.4, 0.5) is 0 Å². The molecule has 1 saturated heterocycles. The lowest BCUT2D eigenvalue weighted by Gasteiger charge is -2.37. The lowest BCUT2D eigenvalue weighted by Crippen LogP contribution is -2.53. The van der Waals surface area contributed by atoms with Crippen molar-refractivity contribution in [3.05, 3.63) is 28.8 Å². The molecule has 0 spiro atoms. The maximum absolute atomic E-state index is 12.3. The molecule has 0 bridgehead atoms. The standard InChI is InChI=1S/C18H25ClN2O3/c1-13-11-14(19)5-6-15(13)24-12-16(22)20-7-9-21(10-8-20)17(23)18(2,3)4/h5-6,11H,7-10,12H2,1-4H3. The van der Waals surface area contributed by atoms with Crippen LogP contribution in [0.3, 0.4) is 0 Å². The molecule has 0 N–H and O–H groups in total. The highest BCUT2D eigenvalue weighted by atomic mass is 35.5. The Labute approximate surface area is 148 Å². The van der Waals surface area contributed by atoms with Gasteiger partial charge in [0.15, 0.2) is 6.61 Å². The predicted molar refractivity (Wildman–Crippen MR) is 94.3 cm³/mol. The van der Waals surface area contributed by atoms with Crippen molar-refractivity contribution < 1.29 is 14.3 Å². The zero-order chi connectivity index (χ0) is 17.9. The van der Waals surface area contributed by atoms with E-state index >= 15 is 0 Å². The first-order chi connectivity index (χ1) is 11.2. The van der Waals surface area contributed by atoms with Gasteiger partial charge in [0.2, 0.25) is 5.91 Å². The highest BCUT2D eigenvalue weighted by Crippen LogP contribution is 2.22. The summed E-state index contributed by atoms with van der Waals surface area (Å²) in [4.78, 5) is 28.1. The van der Waals surface area contributed by atoms with Crippen molar-refractivity contribution in [1.29, 1.82) is 0 Å². The molecule has 0 atom stereocenters. The molecule has 0 aromatic heterocycles. The number of halogens is 1. The molecule has 0 saturated carbocycles. The largest absolute Gasteiger partial charge is 0.483 e. The molecule has 1 aliphatic rings. The number of carbonyl (C=O) groups is 2. The summed E-state index contributed by atoms with van der Waals surface area (Å²) in [5, 5.41) is 0.644. The van der Waals surface area contributed by atoms with Gasteiger partial charge in [0.25, 0.3) is 5.91 Å². The summed E-state index contributed by atoms with van der Waals surface area (Å²) >= 11 is 5.91. The monoisotopic (exact) mass is 352 g/mol. The van der Waals surface area contributed by atoms with Gasteiger partial charge in [0.1, 0.15) is 5.75 Å². The van der Waals surface area contributed by atoms with E-state index in [1.807, 2.05) is 32.6 Å². The molecule has 2 rings (SSSR count). The van der Waals surface area contributed by atoms with Gasteiger partial charge >= 0.3 is 0 Å². The van der Waals surface area contributed by atoms with Crippen LogP contribution in [-0.4, -0.2) is 54.4 Å². The molecule has 5 nitrogen and oxygen atoms in total. The number of rotatable bonds is 3. The Hall–Kier alpha value is -1.75. The van der Waals surface area contributed by atoms with Gasteiger partial charge in [0, 0.05) is 36.6 Å². The third kappa shape index (κ3) is 4.63. The van der Waals surface area contributed by atoms with E-state index in [4.69, 9.17) is 16.3 Å². The third-order valence-electron chi connectivity index (χ3n) is 4.05. The summed E-state index contributed by atoms with van der Waals surface area (Å²) in [6.45, 7) is 9.86. The van der Waals surface area contributed by atoms with Crippen LogP contribution < -0.4 is 4.74 Å². The van der Waals surface area contributed by atoms with Gasteiger partial charge in [-0.1, -0.05) is 32.4 Å². The fraction of sp³-hybridized carbons (Fsp3) is 0.556. The van der Waals surface area contributed by atoms with Crippen molar-refractivity contribution in [3.8, 4) is 5.75 Å². The minimum absolute atomic E-state index is 0.00428. The minimum atomic E-state index is -0.387. The smallest absolute Gasteiger partial charge is 0.260 e. The second-order valence-electron chi connectivity index (χ2n) is 7.12. The van der Waals surface area contributed by atoms with Crippen molar-refractivity contribution in [2.75, 3.05) is 32.8 Å². The first-order valence-electron chi connectivity index (χ1n) is 8.14. The van der Waals surface area contributed by atoms with E-state index in [2.05, 4.69) is 0 Å². The Morgan fingerprint density at radius 1 is 1.12 bits per heavy atom. The van der Waals surface area contributed by atoms with Gasteiger partial charge in [-0.3, -0.25) is 9.59 Å². The summed E-state index contributed by atoms with van der Waals surface area (Å²) in [5.41, 5.74) is 0.511. The van der Waals surface area contributed by atoms with Gasteiger partial charge in [0.05, 0.1) is 0 Å². The van der Waals surface area contributed by atoms with Crippen molar-refractivity contribution in [1.82, 2.24) is 9.80 Å². The molecule has 1 aliphatic heterocycles.